The standard InChI is InChI=1S/C16H25NO.ClH/c1-11-7-6-10-14(12(11)2)15(17)16(18)13-8-4-3-5-9-13;/h6-7,10,13,15-16,18H,3-5,8-9,17H2,1-2H3;1H/t15-,16+;/m0./s1. The fraction of sp³-hybridized carbons (Fsp3) is 0.625. The second-order valence-corrected chi connectivity index (χ2v) is 5.70. The highest BCUT2D eigenvalue weighted by molar-refractivity contribution is 5.85. The van der Waals surface area contributed by atoms with Crippen LogP contribution in [-0.2, 0) is 0 Å². The zero-order valence-corrected chi connectivity index (χ0v) is 12.7. The lowest BCUT2D eigenvalue weighted by Crippen LogP contribution is -2.34. The SMILES string of the molecule is Cc1cccc([C@H](N)[C@H](O)C2CCCCC2)c1C.Cl. The van der Waals surface area contributed by atoms with Crippen LogP contribution >= 0.6 is 12.4 Å². The summed E-state index contributed by atoms with van der Waals surface area (Å²) < 4.78 is 0. The van der Waals surface area contributed by atoms with Crippen LogP contribution in [0.4, 0.5) is 0 Å². The molecule has 3 N–H and O–H groups in total. The Bertz CT molecular complexity index is 402. The van der Waals surface area contributed by atoms with Crippen LogP contribution in [0.5, 0.6) is 0 Å². The third kappa shape index (κ3) is 3.71. The molecule has 0 heterocycles. The van der Waals surface area contributed by atoms with Gasteiger partial charge >= 0.3 is 0 Å². The van der Waals surface area contributed by atoms with Crippen LogP contribution in [0.3, 0.4) is 0 Å². The fourth-order valence-electron chi connectivity index (χ4n) is 3.09. The van der Waals surface area contributed by atoms with Crippen LogP contribution in [0.2, 0.25) is 0 Å². The summed E-state index contributed by atoms with van der Waals surface area (Å²) in [5, 5.41) is 10.5. The molecule has 0 radical (unpaired) electrons. The average molecular weight is 284 g/mol. The van der Waals surface area contributed by atoms with Crippen molar-refractivity contribution in [3.63, 3.8) is 0 Å². The number of aliphatic hydroxyl groups is 1. The lowest BCUT2D eigenvalue weighted by Gasteiger charge is -2.31. The van der Waals surface area contributed by atoms with E-state index in [1.165, 1.54) is 30.4 Å². The van der Waals surface area contributed by atoms with Crippen LogP contribution in [0.25, 0.3) is 0 Å². The Morgan fingerprint density at radius 1 is 1.16 bits per heavy atom. The van der Waals surface area contributed by atoms with Gasteiger partial charge < -0.3 is 10.8 Å². The normalized spacial score (nSPS) is 19.6. The van der Waals surface area contributed by atoms with E-state index < -0.39 is 6.10 Å². The summed E-state index contributed by atoms with van der Waals surface area (Å²) in [6.45, 7) is 4.19. The van der Waals surface area contributed by atoms with E-state index in [2.05, 4.69) is 26.0 Å². The smallest absolute Gasteiger partial charge is 0.0760 e. The molecule has 1 aromatic carbocycles. The largest absolute Gasteiger partial charge is 0.391 e. The predicted molar refractivity (Wildman–Crippen MR) is 82.7 cm³/mol. The first kappa shape index (κ1) is 16.5. The van der Waals surface area contributed by atoms with E-state index in [-0.39, 0.29) is 18.4 Å². The molecule has 0 unspecified atom stereocenters. The number of halogens is 1. The fourth-order valence-corrected chi connectivity index (χ4v) is 3.09. The number of aliphatic hydroxyl groups excluding tert-OH is 1. The maximum atomic E-state index is 10.5. The van der Waals surface area contributed by atoms with Crippen molar-refractivity contribution in [1.29, 1.82) is 0 Å². The van der Waals surface area contributed by atoms with E-state index in [1.54, 1.807) is 0 Å². The molecule has 1 fully saturated rings. The topological polar surface area (TPSA) is 46.2 Å². The molecule has 0 amide bonds. The first-order valence-corrected chi connectivity index (χ1v) is 7.11. The van der Waals surface area contributed by atoms with E-state index >= 15 is 0 Å². The summed E-state index contributed by atoms with van der Waals surface area (Å²) in [6, 6.07) is 5.94. The van der Waals surface area contributed by atoms with Gasteiger partial charge in [0.2, 0.25) is 0 Å². The van der Waals surface area contributed by atoms with E-state index in [1.807, 2.05) is 6.07 Å². The van der Waals surface area contributed by atoms with Crippen molar-refractivity contribution in [3.8, 4) is 0 Å². The van der Waals surface area contributed by atoms with Crippen molar-refractivity contribution in [1.82, 2.24) is 0 Å². The molecule has 1 aliphatic rings. The van der Waals surface area contributed by atoms with Crippen molar-refractivity contribution < 1.29 is 5.11 Å². The molecule has 108 valence electrons. The van der Waals surface area contributed by atoms with E-state index in [0.717, 1.165) is 18.4 Å². The maximum Gasteiger partial charge on any atom is 0.0760 e. The third-order valence-electron chi connectivity index (χ3n) is 4.51. The monoisotopic (exact) mass is 283 g/mol. The predicted octanol–water partition coefficient (Wildman–Crippen LogP) is 3.67. The summed E-state index contributed by atoms with van der Waals surface area (Å²) in [6.07, 6.45) is 5.63. The molecule has 0 bridgehead atoms. The molecule has 0 aliphatic heterocycles. The van der Waals surface area contributed by atoms with Gasteiger partial charge in [-0.2, -0.15) is 0 Å². The summed E-state index contributed by atoms with van der Waals surface area (Å²) in [4.78, 5) is 0. The van der Waals surface area contributed by atoms with Gasteiger partial charge in [0.05, 0.1) is 12.1 Å². The molecule has 2 nitrogen and oxygen atoms in total. The van der Waals surface area contributed by atoms with Gasteiger partial charge in [0.25, 0.3) is 0 Å². The van der Waals surface area contributed by atoms with Crippen molar-refractivity contribution in [2.45, 2.75) is 58.1 Å². The second-order valence-electron chi connectivity index (χ2n) is 5.70. The van der Waals surface area contributed by atoms with Gasteiger partial charge in [-0.1, -0.05) is 37.5 Å². The summed E-state index contributed by atoms with van der Waals surface area (Å²) in [5.74, 6) is 0.383. The highest BCUT2D eigenvalue weighted by Gasteiger charge is 2.28. The van der Waals surface area contributed by atoms with Gasteiger partial charge in [0.1, 0.15) is 0 Å². The highest BCUT2D eigenvalue weighted by atomic mass is 35.5. The Morgan fingerprint density at radius 2 is 1.79 bits per heavy atom. The third-order valence-corrected chi connectivity index (χ3v) is 4.51. The number of hydrogen-bond donors (Lipinski definition) is 2. The Kier molecular flexibility index (Phi) is 6.31. The lowest BCUT2D eigenvalue weighted by molar-refractivity contribution is 0.0616. The van der Waals surface area contributed by atoms with E-state index in [0.29, 0.717) is 5.92 Å². The van der Waals surface area contributed by atoms with Crippen LogP contribution in [-0.4, -0.2) is 11.2 Å². The quantitative estimate of drug-likeness (QED) is 0.889. The first-order chi connectivity index (χ1) is 8.61. The Morgan fingerprint density at radius 3 is 2.42 bits per heavy atom. The molecule has 19 heavy (non-hydrogen) atoms. The Balaban J connectivity index is 0.00000180. The minimum Gasteiger partial charge on any atom is -0.391 e. The van der Waals surface area contributed by atoms with Crippen molar-refractivity contribution in [3.05, 3.63) is 34.9 Å². The van der Waals surface area contributed by atoms with Gasteiger partial charge in [-0.3, -0.25) is 0 Å². The molecule has 0 saturated heterocycles. The highest BCUT2D eigenvalue weighted by Crippen LogP contribution is 2.32. The number of nitrogens with two attached hydrogens (primary N) is 1. The first-order valence-electron chi connectivity index (χ1n) is 7.11. The summed E-state index contributed by atoms with van der Waals surface area (Å²) >= 11 is 0. The molecule has 0 aromatic heterocycles. The van der Waals surface area contributed by atoms with Crippen LogP contribution in [0.1, 0.15) is 54.8 Å². The molecule has 2 atom stereocenters. The van der Waals surface area contributed by atoms with Crippen LogP contribution in [0, 0.1) is 19.8 Å². The molecule has 0 spiro atoms. The average Bonchev–Trinajstić information content (AvgIpc) is 2.41. The number of aryl methyl sites for hydroxylation is 1. The number of rotatable bonds is 3. The maximum absolute atomic E-state index is 10.5. The zero-order chi connectivity index (χ0) is 13.1. The molecule has 1 aromatic rings. The van der Waals surface area contributed by atoms with Crippen molar-refractivity contribution >= 4 is 12.4 Å². The van der Waals surface area contributed by atoms with Crippen molar-refractivity contribution in [2.24, 2.45) is 11.7 Å². The van der Waals surface area contributed by atoms with Gasteiger partial charge in [0, 0.05) is 0 Å². The number of hydrogen-bond acceptors (Lipinski definition) is 2. The zero-order valence-electron chi connectivity index (χ0n) is 11.9. The van der Waals surface area contributed by atoms with E-state index in [4.69, 9.17) is 5.73 Å². The lowest BCUT2D eigenvalue weighted by atomic mass is 9.80. The minimum absolute atomic E-state index is 0. The molecular weight excluding hydrogens is 258 g/mol. The van der Waals surface area contributed by atoms with Gasteiger partial charge in [-0.25, -0.2) is 0 Å². The van der Waals surface area contributed by atoms with E-state index in [9.17, 15) is 5.11 Å². The molecular formula is C16H26ClNO. The van der Waals surface area contributed by atoms with Crippen LogP contribution < -0.4 is 5.73 Å². The molecule has 2 rings (SSSR count). The van der Waals surface area contributed by atoms with Gasteiger partial charge in [-0.15, -0.1) is 12.4 Å². The molecule has 3 heteroatoms. The summed E-state index contributed by atoms with van der Waals surface area (Å²) in [7, 11) is 0. The second kappa shape index (κ2) is 7.28. The van der Waals surface area contributed by atoms with Crippen molar-refractivity contribution in [2.75, 3.05) is 0 Å². The van der Waals surface area contributed by atoms with Crippen LogP contribution in [0.15, 0.2) is 18.2 Å². The number of benzene rings is 1. The minimum atomic E-state index is -0.397. The Labute approximate surface area is 122 Å². The molecule has 1 aliphatic carbocycles. The van der Waals surface area contributed by atoms with Gasteiger partial charge in [0.15, 0.2) is 0 Å². The van der Waals surface area contributed by atoms with Gasteiger partial charge in [-0.05, 0) is 49.3 Å². The Hall–Kier alpha value is -0.570. The summed E-state index contributed by atoms with van der Waals surface area (Å²) in [5.41, 5.74) is 9.86. The molecule has 1 saturated carbocycles.